The third kappa shape index (κ3) is 4.44. The summed E-state index contributed by atoms with van der Waals surface area (Å²) in [5.41, 5.74) is 1.56. The van der Waals surface area contributed by atoms with Gasteiger partial charge in [-0.1, -0.05) is 12.1 Å². The first-order valence-corrected chi connectivity index (χ1v) is 7.03. The van der Waals surface area contributed by atoms with Crippen molar-refractivity contribution in [2.75, 3.05) is 13.2 Å². The van der Waals surface area contributed by atoms with E-state index in [1.54, 1.807) is 13.0 Å². The van der Waals surface area contributed by atoms with Gasteiger partial charge in [-0.3, -0.25) is 14.2 Å². The minimum Gasteiger partial charge on any atom is -0.484 e. The zero-order chi connectivity index (χ0) is 15.9. The van der Waals surface area contributed by atoms with Crippen molar-refractivity contribution in [1.29, 1.82) is 0 Å². The Kier molecular flexibility index (Phi) is 5.30. The highest BCUT2D eigenvalue weighted by atomic mass is 16.5. The Balaban J connectivity index is 1.76. The first-order valence-electron chi connectivity index (χ1n) is 7.03. The monoisotopic (exact) mass is 301 g/mol. The second-order valence-corrected chi connectivity index (χ2v) is 5.03. The molecule has 1 heterocycles. The standard InChI is InChI=1S/C16H19N3O3/c1-12-4-3-5-14(8-12)22-10-15(20)18-6-7-19-11-17-9-13(2)16(19)21/h3-5,8-9,11H,6-7,10H2,1-2H3,(H,18,20). The van der Waals surface area contributed by atoms with E-state index in [9.17, 15) is 9.59 Å². The fraction of sp³-hybridized carbons (Fsp3) is 0.312. The summed E-state index contributed by atoms with van der Waals surface area (Å²) in [5, 5.41) is 2.71. The molecule has 1 aromatic heterocycles. The summed E-state index contributed by atoms with van der Waals surface area (Å²) in [6, 6.07) is 7.50. The first kappa shape index (κ1) is 15.8. The van der Waals surface area contributed by atoms with E-state index in [-0.39, 0.29) is 18.1 Å². The minimum absolute atomic E-state index is 0.0512. The van der Waals surface area contributed by atoms with Gasteiger partial charge in [-0.05, 0) is 31.5 Å². The van der Waals surface area contributed by atoms with Crippen molar-refractivity contribution >= 4 is 5.91 Å². The van der Waals surface area contributed by atoms with Crippen LogP contribution in [0, 0.1) is 13.8 Å². The lowest BCUT2D eigenvalue weighted by molar-refractivity contribution is -0.123. The predicted octanol–water partition coefficient (Wildman–Crippen LogP) is 1.06. The maximum absolute atomic E-state index is 11.8. The molecule has 116 valence electrons. The topological polar surface area (TPSA) is 73.2 Å². The Hall–Kier alpha value is -2.63. The summed E-state index contributed by atoms with van der Waals surface area (Å²) in [7, 11) is 0. The number of rotatable bonds is 6. The molecule has 0 spiro atoms. The van der Waals surface area contributed by atoms with Crippen molar-refractivity contribution in [1.82, 2.24) is 14.9 Å². The highest BCUT2D eigenvalue weighted by molar-refractivity contribution is 5.77. The van der Waals surface area contributed by atoms with Crippen LogP contribution in [0.2, 0.25) is 0 Å². The van der Waals surface area contributed by atoms with E-state index in [0.717, 1.165) is 5.56 Å². The minimum atomic E-state index is -0.227. The average molecular weight is 301 g/mol. The molecular formula is C16H19N3O3. The van der Waals surface area contributed by atoms with Gasteiger partial charge in [0.2, 0.25) is 0 Å². The van der Waals surface area contributed by atoms with Crippen molar-refractivity contribution in [3.05, 3.63) is 58.3 Å². The SMILES string of the molecule is Cc1cccc(OCC(=O)NCCn2cncc(C)c2=O)c1. The highest BCUT2D eigenvalue weighted by Crippen LogP contribution is 2.11. The van der Waals surface area contributed by atoms with Gasteiger partial charge < -0.3 is 10.1 Å². The van der Waals surface area contributed by atoms with Gasteiger partial charge in [-0.25, -0.2) is 4.98 Å². The molecule has 1 aromatic carbocycles. The van der Waals surface area contributed by atoms with Crippen molar-refractivity contribution in [3.63, 3.8) is 0 Å². The number of nitrogens with one attached hydrogen (secondary N) is 1. The molecule has 0 aliphatic heterocycles. The van der Waals surface area contributed by atoms with E-state index < -0.39 is 0 Å². The molecule has 0 saturated heterocycles. The largest absolute Gasteiger partial charge is 0.484 e. The van der Waals surface area contributed by atoms with Gasteiger partial charge in [0, 0.05) is 24.8 Å². The molecule has 0 bridgehead atoms. The summed E-state index contributed by atoms with van der Waals surface area (Å²) in [6.45, 7) is 4.34. The summed E-state index contributed by atoms with van der Waals surface area (Å²) in [6.07, 6.45) is 2.98. The van der Waals surface area contributed by atoms with Crippen LogP contribution in [-0.2, 0) is 11.3 Å². The highest BCUT2D eigenvalue weighted by Gasteiger charge is 2.04. The smallest absolute Gasteiger partial charge is 0.258 e. The zero-order valence-corrected chi connectivity index (χ0v) is 12.7. The van der Waals surface area contributed by atoms with E-state index in [0.29, 0.717) is 24.4 Å². The lowest BCUT2D eigenvalue weighted by atomic mass is 10.2. The van der Waals surface area contributed by atoms with Crippen LogP contribution < -0.4 is 15.6 Å². The van der Waals surface area contributed by atoms with Crippen LogP contribution >= 0.6 is 0 Å². The van der Waals surface area contributed by atoms with Gasteiger partial charge in [0.1, 0.15) is 5.75 Å². The van der Waals surface area contributed by atoms with E-state index in [4.69, 9.17) is 4.74 Å². The van der Waals surface area contributed by atoms with Crippen LogP contribution in [0.25, 0.3) is 0 Å². The molecule has 0 aliphatic rings. The van der Waals surface area contributed by atoms with Crippen LogP contribution in [-0.4, -0.2) is 28.6 Å². The molecule has 2 rings (SSSR count). The molecule has 2 aromatic rings. The number of amides is 1. The van der Waals surface area contributed by atoms with Crippen LogP contribution in [0.3, 0.4) is 0 Å². The third-order valence-electron chi connectivity index (χ3n) is 3.11. The molecule has 0 aliphatic carbocycles. The van der Waals surface area contributed by atoms with Crippen LogP contribution in [0.4, 0.5) is 0 Å². The Morgan fingerprint density at radius 2 is 2.18 bits per heavy atom. The maximum Gasteiger partial charge on any atom is 0.258 e. The summed E-state index contributed by atoms with van der Waals surface area (Å²) < 4.78 is 6.87. The van der Waals surface area contributed by atoms with Crippen molar-refractivity contribution in [2.24, 2.45) is 0 Å². The third-order valence-corrected chi connectivity index (χ3v) is 3.11. The number of ether oxygens (including phenoxy) is 1. The second kappa shape index (κ2) is 7.40. The van der Waals surface area contributed by atoms with Crippen LogP contribution in [0.1, 0.15) is 11.1 Å². The molecule has 0 atom stereocenters. The van der Waals surface area contributed by atoms with Gasteiger partial charge in [0.25, 0.3) is 11.5 Å². The number of aryl methyl sites for hydroxylation is 2. The fourth-order valence-electron chi connectivity index (χ4n) is 1.94. The van der Waals surface area contributed by atoms with Gasteiger partial charge in [0.05, 0.1) is 6.33 Å². The number of benzene rings is 1. The van der Waals surface area contributed by atoms with Gasteiger partial charge in [-0.15, -0.1) is 0 Å². The summed E-state index contributed by atoms with van der Waals surface area (Å²) in [4.78, 5) is 27.4. The molecule has 1 N–H and O–H groups in total. The van der Waals surface area contributed by atoms with Gasteiger partial charge in [0.15, 0.2) is 6.61 Å². The van der Waals surface area contributed by atoms with Crippen molar-refractivity contribution in [2.45, 2.75) is 20.4 Å². The molecule has 0 fully saturated rings. The number of carbonyl (C=O) groups is 1. The van der Waals surface area contributed by atoms with E-state index in [1.807, 2.05) is 25.1 Å². The molecule has 1 amide bonds. The number of carbonyl (C=O) groups excluding carboxylic acids is 1. The zero-order valence-electron chi connectivity index (χ0n) is 12.7. The second-order valence-electron chi connectivity index (χ2n) is 5.03. The molecule has 0 saturated carbocycles. The Morgan fingerprint density at radius 1 is 1.36 bits per heavy atom. The van der Waals surface area contributed by atoms with Gasteiger partial charge in [-0.2, -0.15) is 0 Å². The molecular weight excluding hydrogens is 282 g/mol. The fourth-order valence-corrected chi connectivity index (χ4v) is 1.94. The van der Waals surface area contributed by atoms with Crippen LogP contribution in [0.15, 0.2) is 41.6 Å². The quantitative estimate of drug-likeness (QED) is 0.865. The Morgan fingerprint density at radius 3 is 2.95 bits per heavy atom. The molecule has 0 unspecified atom stereocenters. The molecule has 0 radical (unpaired) electrons. The van der Waals surface area contributed by atoms with Crippen LogP contribution in [0.5, 0.6) is 5.75 Å². The van der Waals surface area contributed by atoms with E-state index in [1.165, 1.54) is 17.1 Å². The molecule has 6 nitrogen and oxygen atoms in total. The van der Waals surface area contributed by atoms with Crippen molar-refractivity contribution < 1.29 is 9.53 Å². The first-order chi connectivity index (χ1) is 10.6. The van der Waals surface area contributed by atoms with Gasteiger partial charge >= 0.3 is 0 Å². The van der Waals surface area contributed by atoms with Crippen molar-refractivity contribution in [3.8, 4) is 5.75 Å². The number of aromatic nitrogens is 2. The lowest BCUT2D eigenvalue weighted by Crippen LogP contribution is -2.34. The summed E-state index contributed by atoms with van der Waals surface area (Å²) in [5.74, 6) is 0.435. The number of hydrogen-bond acceptors (Lipinski definition) is 4. The average Bonchev–Trinajstić information content (AvgIpc) is 2.49. The lowest BCUT2D eigenvalue weighted by Gasteiger charge is -2.09. The predicted molar refractivity (Wildman–Crippen MR) is 82.9 cm³/mol. The normalized spacial score (nSPS) is 10.3. The van der Waals surface area contributed by atoms with E-state index >= 15 is 0 Å². The van der Waals surface area contributed by atoms with E-state index in [2.05, 4.69) is 10.3 Å². The summed E-state index contributed by atoms with van der Waals surface area (Å²) >= 11 is 0. The molecule has 22 heavy (non-hydrogen) atoms. The number of nitrogens with zero attached hydrogens (tertiary/aromatic N) is 2. The Labute approximate surface area is 128 Å². The maximum atomic E-state index is 11.8. The number of hydrogen-bond donors (Lipinski definition) is 1. The Bertz CT molecular complexity index is 710. The molecule has 6 heteroatoms.